The van der Waals surface area contributed by atoms with Crippen molar-refractivity contribution in [2.75, 3.05) is 29.4 Å². The SMILES string of the molecule is NCc1cc(C(=O)N2CCN(CC3CC3)c3ccccc32)co1. The first kappa shape index (κ1) is 14.3. The van der Waals surface area contributed by atoms with Crippen molar-refractivity contribution in [2.24, 2.45) is 11.7 Å². The zero-order valence-electron chi connectivity index (χ0n) is 13.1. The van der Waals surface area contributed by atoms with Gasteiger partial charge in [0, 0.05) is 19.6 Å². The van der Waals surface area contributed by atoms with Crippen LogP contribution in [-0.2, 0) is 6.54 Å². The van der Waals surface area contributed by atoms with Crippen molar-refractivity contribution in [1.29, 1.82) is 0 Å². The van der Waals surface area contributed by atoms with Gasteiger partial charge in [-0.3, -0.25) is 4.79 Å². The zero-order valence-corrected chi connectivity index (χ0v) is 13.1. The predicted octanol–water partition coefficient (Wildman–Crippen LogP) is 2.62. The van der Waals surface area contributed by atoms with Crippen LogP contribution >= 0.6 is 0 Å². The fourth-order valence-electron chi connectivity index (χ4n) is 3.19. The number of carbonyl (C=O) groups is 1. The molecule has 2 heterocycles. The summed E-state index contributed by atoms with van der Waals surface area (Å²) in [6, 6.07) is 9.90. The van der Waals surface area contributed by atoms with Crippen molar-refractivity contribution in [3.8, 4) is 0 Å². The third-order valence-corrected chi connectivity index (χ3v) is 4.63. The molecule has 0 bridgehead atoms. The first-order valence-electron chi connectivity index (χ1n) is 8.19. The van der Waals surface area contributed by atoms with Crippen LogP contribution in [0, 0.1) is 5.92 Å². The molecule has 0 spiro atoms. The van der Waals surface area contributed by atoms with Crippen molar-refractivity contribution < 1.29 is 9.21 Å². The van der Waals surface area contributed by atoms with Gasteiger partial charge in [-0.1, -0.05) is 12.1 Å². The normalized spacial score (nSPS) is 17.3. The van der Waals surface area contributed by atoms with Crippen LogP contribution in [-0.4, -0.2) is 25.5 Å². The summed E-state index contributed by atoms with van der Waals surface area (Å²) in [5.74, 6) is 1.44. The lowest BCUT2D eigenvalue weighted by atomic mass is 10.1. The van der Waals surface area contributed by atoms with Crippen molar-refractivity contribution >= 4 is 17.3 Å². The van der Waals surface area contributed by atoms with Crippen molar-refractivity contribution in [1.82, 2.24) is 0 Å². The molecule has 1 aliphatic heterocycles. The molecule has 2 aliphatic rings. The van der Waals surface area contributed by atoms with Gasteiger partial charge in [0.05, 0.1) is 23.5 Å². The lowest BCUT2D eigenvalue weighted by molar-refractivity contribution is 0.0986. The van der Waals surface area contributed by atoms with Crippen LogP contribution < -0.4 is 15.5 Å². The summed E-state index contributed by atoms with van der Waals surface area (Å²) in [6.45, 7) is 2.98. The Kier molecular flexibility index (Phi) is 3.58. The third kappa shape index (κ3) is 2.72. The largest absolute Gasteiger partial charge is 0.467 e. The van der Waals surface area contributed by atoms with Crippen LogP contribution in [0.5, 0.6) is 0 Å². The molecule has 0 saturated heterocycles. The van der Waals surface area contributed by atoms with Gasteiger partial charge < -0.3 is 20.0 Å². The molecule has 2 aromatic rings. The first-order valence-corrected chi connectivity index (χ1v) is 8.19. The van der Waals surface area contributed by atoms with Crippen LogP contribution in [0.4, 0.5) is 11.4 Å². The highest BCUT2D eigenvalue weighted by Gasteiger charge is 2.31. The van der Waals surface area contributed by atoms with E-state index in [1.807, 2.05) is 23.1 Å². The summed E-state index contributed by atoms with van der Waals surface area (Å²) in [5.41, 5.74) is 8.27. The van der Waals surface area contributed by atoms with Crippen LogP contribution in [0.2, 0.25) is 0 Å². The van der Waals surface area contributed by atoms with E-state index in [1.54, 1.807) is 6.07 Å². The average molecular weight is 311 g/mol. The predicted molar refractivity (Wildman–Crippen MR) is 89.7 cm³/mol. The smallest absolute Gasteiger partial charge is 0.261 e. The highest BCUT2D eigenvalue weighted by Crippen LogP contribution is 2.37. The summed E-state index contributed by atoms with van der Waals surface area (Å²) in [7, 11) is 0. The maximum absolute atomic E-state index is 12.8. The number of furan rings is 1. The van der Waals surface area contributed by atoms with E-state index in [0.29, 0.717) is 24.4 Å². The second-order valence-electron chi connectivity index (χ2n) is 6.34. The Balaban J connectivity index is 1.62. The minimum atomic E-state index is -0.0213. The Labute approximate surface area is 135 Å². The van der Waals surface area contributed by atoms with E-state index in [2.05, 4.69) is 11.0 Å². The molecule has 4 rings (SSSR count). The van der Waals surface area contributed by atoms with Gasteiger partial charge in [-0.25, -0.2) is 0 Å². The highest BCUT2D eigenvalue weighted by molar-refractivity contribution is 6.08. The molecule has 1 aliphatic carbocycles. The summed E-state index contributed by atoms with van der Waals surface area (Å²) >= 11 is 0. The van der Waals surface area contributed by atoms with E-state index < -0.39 is 0 Å². The number of carbonyl (C=O) groups excluding carboxylic acids is 1. The number of amides is 1. The monoisotopic (exact) mass is 311 g/mol. The van der Waals surface area contributed by atoms with E-state index >= 15 is 0 Å². The Bertz CT molecular complexity index is 721. The molecule has 5 heteroatoms. The topological polar surface area (TPSA) is 62.7 Å². The van der Waals surface area contributed by atoms with Gasteiger partial charge in [0.15, 0.2) is 0 Å². The number of para-hydroxylation sites is 2. The van der Waals surface area contributed by atoms with Gasteiger partial charge in [-0.15, -0.1) is 0 Å². The Morgan fingerprint density at radius 3 is 2.70 bits per heavy atom. The number of benzene rings is 1. The van der Waals surface area contributed by atoms with Crippen LogP contribution in [0.1, 0.15) is 29.0 Å². The minimum Gasteiger partial charge on any atom is -0.467 e. The lowest BCUT2D eigenvalue weighted by Crippen LogP contribution is -2.44. The van der Waals surface area contributed by atoms with Crippen LogP contribution in [0.3, 0.4) is 0 Å². The van der Waals surface area contributed by atoms with E-state index in [-0.39, 0.29) is 5.91 Å². The highest BCUT2D eigenvalue weighted by atomic mass is 16.3. The zero-order chi connectivity index (χ0) is 15.8. The molecular formula is C18H21N3O2. The molecule has 0 atom stereocenters. The summed E-state index contributed by atoms with van der Waals surface area (Å²) < 4.78 is 5.31. The molecule has 1 aromatic heterocycles. The Morgan fingerprint density at radius 1 is 1.22 bits per heavy atom. The molecule has 23 heavy (non-hydrogen) atoms. The molecular weight excluding hydrogens is 290 g/mol. The van der Waals surface area contributed by atoms with Gasteiger partial charge >= 0.3 is 0 Å². The molecule has 0 unspecified atom stereocenters. The summed E-state index contributed by atoms with van der Waals surface area (Å²) in [4.78, 5) is 17.1. The quantitative estimate of drug-likeness (QED) is 0.943. The van der Waals surface area contributed by atoms with Crippen LogP contribution in [0.15, 0.2) is 41.0 Å². The Hall–Kier alpha value is -2.27. The van der Waals surface area contributed by atoms with E-state index in [1.165, 1.54) is 19.1 Å². The number of hydrogen-bond acceptors (Lipinski definition) is 4. The maximum Gasteiger partial charge on any atom is 0.261 e. The van der Waals surface area contributed by atoms with E-state index in [0.717, 1.165) is 30.4 Å². The van der Waals surface area contributed by atoms with E-state index in [9.17, 15) is 4.79 Å². The van der Waals surface area contributed by atoms with Gasteiger partial charge in [0.2, 0.25) is 0 Å². The number of hydrogen-bond donors (Lipinski definition) is 1. The van der Waals surface area contributed by atoms with Gasteiger partial charge in [-0.2, -0.15) is 0 Å². The van der Waals surface area contributed by atoms with Crippen molar-refractivity contribution in [3.63, 3.8) is 0 Å². The molecule has 0 radical (unpaired) electrons. The van der Waals surface area contributed by atoms with Gasteiger partial charge in [0.25, 0.3) is 5.91 Å². The lowest BCUT2D eigenvalue weighted by Gasteiger charge is -2.37. The first-order chi connectivity index (χ1) is 11.3. The second kappa shape index (κ2) is 5.74. The summed E-state index contributed by atoms with van der Waals surface area (Å²) in [6.07, 6.45) is 4.17. The number of anilines is 2. The van der Waals surface area contributed by atoms with E-state index in [4.69, 9.17) is 10.2 Å². The molecule has 1 aromatic carbocycles. The minimum absolute atomic E-state index is 0.0213. The summed E-state index contributed by atoms with van der Waals surface area (Å²) in [5, 5.41) is 0. The fourth-order valence-corrected chi connectivity index (χ4v) is 3.19. The molecule has 5 nitrogen and oxygen atoms in total. The van der Waals surface area contributed by atoms with Crippen molar-refractivity contribution in [3.05, 3.63) is 47.9 Å². The number of rotatable bonds is 4. The number of fused-ring (bicyclic) bond motifs is 1. The standard InChI is InChI=1S/C18H21N3O2/c19-10-15-9-14(12-23-15)18(22)21-8-7-20(11-13-5-6-13)16-3-1-2-4-17(16)21/h1-4,9,12-13H,5-8,10-11,19H2. The maximum atomic E-state index is 12.8. The fraction of sp³-hybridized carbons (Fsp3) is 0.389. The second-order valence-corrected chi connectivity index (χ2v) is 6.34. The molecule has 2 N–H and O–H groups in total. The molecule has 1 saturated carbocycles. The molecule has 1 fully saturated rings. The average Bonchev–Trinajstić information content (AvgIpc) is 3.27. The van der Waals surface area contributed by atoms with Crippen LogP contribution in [0.25, 0.3) is 0 Å². The number of nitrogens with two attached hydrogens (primary N) is 1. The van der Waals surface area contributed by atoms with Gasteiger partial charge in [0.1, 0.15) is 12.0 Å². The van der Waals surface area contributed by atoms with Crippen molar-refractivity contribution in [2.45, 2.75) is 19.4 Å². The molecule has 120 valence electrons. The number of nitrogens with zero attached hydrogens (tertiary/aromatic N) is 2. The van der Waals surface area contributed by atoms with Gasteiger partial charge in [-0.05, 0) is 37.0 Å². The molecule has 1 amide bonds. The Morgan fingerprint density at radius 2 is 2.00 bits per heavy atom. The third-order valence-electron chi connectivity index (χ3n) is 4.63.